The molecule has 0 aliphatic carbocycles. The van der Waals surface area contributed by atoms with Gasteiger partial charge in [-0.05, 0) is 55.2 Å². The second-order valence-electron chi connectivity index (χ2n) is 6.77. The molecule has 1 fully saturated rings. The SMILES string of the molecule is O=C(CCc1ccc(Cl)cc1)NC1CCN(C(=O)c2cccc(F)c2)CC1. The molecule has 4 nitrogen and oxygen atoms in total. The van der Waals surface area contributed by atoms with Crippen LogP contribution in [0.5, 0.6) is 0 Å². The predicted octanol–water partition coefficient (Wildman–Crippen LogP) is 3.83. The van der Waals surface area contributed by atoms with Crippen molar-refractivity contribution in [3.05, 3.63) is 70.5 Å². The largest absolute Gasteiger partial charge is 0.353 e. The molecule has 0 radical (unpaired) electrons. The summed E-state index contributed by atoms with van der Waals surface area (Å²) in [5.74, 6) is -0.564. The number of carbonyl (C=O) groups is 2. The van der Waals surface area contributed by atoms with E-state index in [2.05, 4.69) is 5.32 Å². The number of hydrogen-bond acceptors (Lipinski definition) is 2. The molecule has 0 atom stereocenters. The van der Waals surface area contributed by atoms with Gasteiger partial charge in [-0.15, -0.1) is 0 Å². The lowest BCUT2D eigenvalue weighted by atomic mass is 10.0. The normalized spacial score (nSPS) is 14.8. The first-order valence-corrected chi connectivity index (χ1v) is 9.48. The van der Waals surface area contributed by atoms with E-state index >= 15 is 0 Å². The summed E-state index contributed by atoms with van der Waals surface area (Å²) in [6.07, 6.45) is 2.49. The molecule has 0 spiro atoms. The predicted molar refractivity (Wildman–Crippen MR) is 103 cm³/mol. The maximum absolute atomic E-state index is 13.3. The van der Waals surface area contributed by atoms with Crippen LogP contribution in [0.2, 0.25) is 5.02 Å². The maximum Gasteiger partial charge on any atom is 0.253 e. The summed E-state index contributed by atoms with van der Waals surface area (Å²) in [6, 6.07) is 13.3. The summed E-state index contributed by atoms with van der Waals surface area (Å²) < 4.78 is 13.3. The molecule has 0 unspecified atom stereocenters. The number of nitrogens with one attached hydrogen (secondary N) is 1. The van der Waals surface area contributed by atoms with Gasteiger partial charge < -0.3 is 10.2 Å². The van der Waals surface area contributed by atoms with Gasteiger partial charge in [-0.2, -0.15) is 0 Å². The van der Waals surface area contributed by atoms with E-state index in [1.165, 1.54) is 18.2 Å². The Labute approximate surface area is 163 Å². The van der Waals surface area contributed by atoms with Gasteiger partial charge in [0, 0.05) is 36.1 Å². The topological polar surface area (TPSA) is 49.4 Å². The van der Waals surface area contributed by atoms with Crippen molar-refractivity contribution in [1.82, 2.24) is 10.2 Å². The first-order chi connectivity index (χ1) is 13.0. The van der Waals surface area contributed by atoms with Crippen LogP contribution >= 0.6 is 11.6 Å². The van der Waals surface area contributed by atoms with Crippen molar-refractivity contribution in [2.75, 3.05) is 13.1 Å². The van der Waals surface area contributed by atoms with E-state index < -0.39 is 5.82 Å². The van der Waals surface area contributed by atoms with Gasteiger partial charge in [0.15, 0.2) is 0 Å². The van der Waals surface area contributed by atoms with Crippen LogP contribution in [-0.2, 0) is 11.2 Å². The smallest absolute Gasteiger partial charge is 0.253 e. The van der Waals surface area contributed by atoms with Crippen molar-refractivity contribution in [1.29, 1.82) is 0 Å². The van der Waals surface area contributed by atoms with Crippen LogP contribution in [-0.4, -0.2) is 35.8 Å². The molecule has 1 aliphatic rings. The minimum Gasteiger partial charge on any atom is -0.353 e. The molecule has 27 heavy (non-hydrogen) atoms. The van der Waals surface area contributed by atoms with Crippen LogP contribution in [0.25, 0.3) is 0 Å². The van der Waals surface area contributed by atoms with Crippen LogP contribution in [0.15, 0.2) is 48.5 Å². The van der Waals surface area contributed by atoms with Crippen LogP contribution in [0.3, 0.4) is 0 Å². The van der Waals surface area contributed by atoms with Gasteiger partial charge >= 0.3 is 0 Å². The van der Waals surface area contributed by atoms with E-state index in [4.69, 9.17) is 11.6 Å². The molecule has 2 amide bonds. The molecule has 2 aromatic rings. The molecular weight excluding hydrogens is 367 g/mol. The maximum atomic E-state index is 13.3. The molecule has 0 saturated carbocycles. The Bertz CT molecular complexity index is 802. The Balaban J connectivity index is 1.43. The van der Waals surface area contributed by atoms with Crippen molar-refractivity contribution in [2.45, 2.75) is 31.7 Å². The highest BCUT2D eigenvalue weighted by molar-refractivity contribution is 6.30. The fourth-order valence-corrected chi connectivity index (χ4v) is 3.37. The van der Waals surface area contributed by atoms with Gasteiger partial charge in [0.1, 0.15) is 5.82 Å². The third-order valence-electron chi connectivity index (χ3n) is 4.77. The number of aryl methyl sites for hydroxylation is 1. The second kappa shape index (κ2) is 9.00. The number of nitrogens with zero attached hydrogens (tertiary/aromatic N) is 1. The number of halogens is 2. The molecule has 3 rings (SSSR count). The van der Waals surface area contributed by atoms with Crippen molar-refractivity contribution >= 4 is 23.4 Å². The first kappa shape index (κ1) is 19.4. The molecular formula is C21H22ClFN2O2. The molecule has 1 heterocycles. The summed E-state index contributed by atoms with van der Waals surface area (Å²) in [5.41, 5.74) is 1.44. The third kappa shape index (κ3) is 5.54. The zero-order chi connectivity index (χ0) is 19.2. The van der Waals surface area contributed by atoms with Gasteiger partial charge in [-0.25, -0.2) is 4.39 Å². The molecule has 142 valence electrons. The number of piperidine rings is 1. The lowest BCUT2D eigenvalue weighted by molar-refractivity contribution is -0.122. The second-order valence-corrected chi connectivity index (χ2v) is 7.21. The number of benzene rings is 2. The molecule has 2 aromatic carbocycles. The van der Waals surface area contributed by atoms with Crippen LogP contribution in [0.4, 0.5) is 4.39 Å². The monoisotopic (exact) mass is 388 g/mol. The Morgan fingerprint density at radius 1 is 1.11 bits per heavy atom. The number of amides is 2. The number of hydrogen-bond donors (Lipinski definition) is 1. The van der Waals surface area contributed by atoms with E-state index in [-0.39, 0.29) is 17.9 Å². The molecule has 0 aromatic heterocycles. The van der Waals surface area contributed by atoms with E-state index in [9.17, 15) is 14.0 Å². The fraction of sp³-hybridized carbons (Fsp3) is 0.333. The fourth-order valence-electron chi connectivity index (χ4n) is 3.24. The van der Waals surface area contributed by atoms with Gasteiger partial charge in [0.05, 0.1) is 0 Å². The highest BCUT2D eigenvalue weighted by Crippen LogP contribution is 2.15. The van der Waals surface area contributed by atoms with Crippen molar-refractivity contribution in [2.24, 2.45) is 0 Å². The molecule has 6 heteroatoms. The number of carbonyl (C=O) groups excluding carboxylic acids is 2. The first-order valence-electron chi connectivity index (χ1n) is 9.10. The molecule has 1 saturated heterocycles. The van der Waals surface area contributed by atoms with E-state index in [0.29, 0.717) is 49.4 Å². The van der Waals surface area contributed by atoms with Gasteiger partial charge in [0.25, 0.3) is 5.91 Å². The van der Waals surface area contributed by atoms with Gasteiger partial charge in [-0.1, -0.05) is 29.8 Å². The quantitative estimate of drug-likeness (QED) is 0.846. The summed E-state index contributed by atoms with van der Waals surface area (Å²) in [7, 11) is 0. The summed E-state index contributed by atoms with van der Waals surface area (Å²) >= 11 is 5.86. The van der Waals surface area contributed by atoms with Gasteiger partial charge in [0.2, 0.25) is 5.91 Å². The summed E-state index contributed by atoms with van der Waals surface area (Å²) in [5, 5.41) is 3.73. The lowest BCUT2D eigenvalue weighted by Gasteiger charge is -2.32. The van der Waals surface area contributed by atoms with E-state index in [1.54, 1.807) is 11.0 Å². The molecule has 0 bridgehead atoms. The summed E-state index contributed by atoms with van der Waals surface area (Å²) in [6.45, 7) is 1.11. The average molecular weight is 389 g/mol. The number of likely N-dealkylation sites (tertiary alicyclic amines) is 1. The average Bonchev–Trinajstić information content (AvgIpc) is 2.67. The van der Waals surface area contributed by atoms with Gasteiger partial charge in [-0.3, -0.25) is 9.59 Å². The van der Waals surface area contributed by atoms with Crippen molar-refractivity contribution in [3.63, 3.8) is 0 Å². The minimum absolute atomic E-state index is 0.0138. The summed E-state index contributed by atoms with van der Waals surface area (Å²) in [4.78, 5) is 26.3. The standard InChI is InChI=1S/C21H22ClFN2O2/c22-17-7-4-15(5-8-17)6-9-20(26)24-19-10-12-25(13-11-19)21(27)16-2-1-3-18(23)14-16/h1-5,7-8,14,19H,6,9-13H2,(H,24,26). The van der Waals surface area contributed by atoms with Crippen molar-refractivity contribution in [3.8, 4) is 0 Å². The Kier molecular flexibility index (Phi) is 6.45. The van der Waals surface area contributed by atoms with Crippen LogP contribution in [0.1, 0.15) is 35.2 Å². The Morgan fingerprint density at radius 3 is 2.48 bits per heavy atom. The third-order valence-corrected chi connectivity index (χ3v) is 5.02. The van der Waals surface area contributed by atoms with E-state index in [1.807, 2.05) is 24.3 Å². The zero-order valence-corrected chi connectivity index (χ0v) is 15.7. The molecule has 1 N–H and O–H groups in total. The highest BCUT2D eigenvalue weighted by atomic mass is 35.5. The molecule has 1 aliphatic heterocycles. The van der Waals surface area contributed by atoms with Crippen LogP contribution in [0, 0.1) is 5.82 Å². The van der Waals surface area contributed by atoms with E-state index in [0.717, 1.165) is 5.56 Å². The lowest BCUT2D eigenvalue weighted by Crippen LogP contribution is -2.46. The number of rotatable bonds is 5. The van der Waals surface area contributed by atoms with Crippen molar-refractivity contribution < 1.29 is 14.0 Å². The Morgan fingerprint density at radius 2 is 1.81 bits per heavy atom. The van der Waals surface area contributed by atoms with Crippen LogP contribution < -0.4 is 5.32 Å². The highest BCUT2D eigenvalue weighted by Gasteiger charge is 2.24. The zero-order valence-electron chi connectivity index (χ0n) is 15.0. The minimum atomic E-state index is -0.413. The Hall–Kier alpha value is -2.40.